The van der Waals surface area contributed by atoms with E-state index in [4.69, 9.17) is 17.3 Å². The third-order valence-corrected chi connectivity index (χ3v) is 3.46. The Morgan fingerprint density at radius 1 is 1.40 bits per heavy atom. The number of pyridine rings is 1. The highest BCUT2D eigenvalue weighted by Crippen LogP contribution is 2.19. The molecular formula is C14H13BrClN3O. The summed E-state index contributed by atoms with van der Waals surface area (Å²) in [5, 5.41) is 3.09. The Kier molecular flexibility index (Phi) is 4.62. The number of amides is 1. The molecule has 4 nitrogen and oxygen atoms in total. The van der Waals surface area contributed by atoms with E-state index in [1.54, 1.807) is 0 Å². The summed E-state index contributed by atoms with van der Waals surface area (Å²) in [6.07, 6.45) is 0. The van der Waals surface area contributed by atoms with Crippen molar-refractivity contribution in [2.24, 2.45) is 0 Å². The number of carbonyl (C=O) groups excluding carboxylic acids is 1. The highest BCUT2D eigenvalue weighted by molar-refractivity contribution is 9.10. The second-order valence-electron chi connectivity index (χ2n) is 4.35. The molecule has 1 amide bonds. The van der Waals surface area contributed by atoms with Gasteiger partial charge < -0.3 is 11.1 Å². The van der Waals surface area contributed by atoms with E-state index in [9.17, 15) is 4.79 Å². The summed E-state index contributed by atoms with van der Waals surface area (Å²) in [5.74, 6) is -0.0220. The molecule has 104 valence electrons. The lowest BCUT2D eigenvalue weighted by molar-refractivity contribution is 0.0940. The lowest BCUT2D eigenvalue weighted by atomic mass is 10.1. The van der Waals surface area contributed by atoms with Gasteiger partial charge in [-0.15, -0.1) is 0 Å². The third-order valence-electron chi connectivity index (χ3n) is 2.77. The number of nitrogens with one attached hydrogen (secondary N) is 1. The van der Waals surface area contributed by atoms with Crippen molar-refractivity contribution in [3.05, 3.63) is 57.2 Å². The summed E-state index contributed by atoms with van der Waals surface area (Å²) in [7, 11) is 0. The van der Waals surface area contributed by atoms with Crippen LogP contribution < -0.4 is 11.1 Å². The van der Waals surface area contributed by atoms with Crippen LogP contribution in [0.25, 0.3) is 0 Å². The van der Waals surface area contributed by atoms with Crippen LogP contribution in [0.3, 0.4) is 0 Å². The number of halogens is 2. The van der Waals surface area contributed by atoms with E-state index in [1.807, 2.05) is 31.2 Å². The van der Waals surface area contributed by atoms with E-state index < -0.39 is 0 Å². The van der Waals surface area contributed by atoms with Crippen LogP contribution in [-0.2, 0) is 0 Å². The maximum absolute atomic E-state index is 12.2. The molecule has 0 radical (unpaired) electrons. The summed E-state index contributed by atoms with van der Waals surface area (Å²) in [6, 6.07) is 10.6. The molecule has 0 bridgehead atoms. The summed E-state index contributed by atoms with van der Waals surface area (Å²) >= 11 is 9.20. The maximum atomic E-state index is 12.2. The molecule has 0 aliphatic carbocycles. The highest BCUT2D eigenvalue weighted by Gasteiger charge is 2.13. The first-order valence-electron chi connectivity index (χ1n) is 5.95. The number of hydrogen-bond donors (Lipinski definition) is 2. The molecule has 0 saturated carbocycles. The fourth-order valence-electron chi connectivity index (χ4n) is 1.79. The smallest absolute Gasteiger partial charge is 0.251 e. The number of anilines is 1. The Balaban J connectivity index is 2.15. The molecule has 0 aliphatic rings. The molecular weight excluding hydrogens is 342 g/mol. The average Bonchev–Trinajstić information content (AvgIpc) is 2.37. The minimum Gasteiger partial charge on any atom is -0.384 e. The summed E-state index contributed by atoms with van der Waals surface area (Å²) < 4.78 is 0.965. The predicted octanol–water partition coefficient (Wildman–Crippen LogP) is 3.57. The van der Waals surface area contributed by atoms with Crippen LogP contribution >= 0.6 is 27.5 Å². The van der Waals surface area contributed by atoms with Crippen molar-refractivity contribution in [1.29, 1.82) is 0 Å². The molecule has 6 heteroatoms. The Morgan fingerprint density at radius 2 is 2.15 bits per heavy atom. The first-order chi connectivity index (χ1) is 9.45. The Bertz CT molecular complexity index is 628. The van der Waals surface area contributed by atoms with Crippen molar-refractivity contribution in [3.8, 4) is 0 Å². The van der Waals surface area contributed by atoms with Gasteiger partial charge in [0.1, 0.15) is 11.0 Å². The monoisotopic (exact) mass is 353 g/mol. The maximum Gasteiger partial charge on any atom is 0.251 e. The largest absolute Gasteiger partial charge is 0.384 e. The fraction of sp³-hybridized carbons (Fsp3) is 0.143. The molecule has 2 rings (SSSR count). The third kappa shape index (κ3) is 3.71. The summed E-state index contributed by atoms with van der Waals surface area (Å²) in [5.41, 5.74) is 6.97. The molecule has 1 aromatic heterocycles. The van der Waals surface area contributed by atoms with E-state index >= 15 is 0 Å². The lowest BCUT2D eigenvalue weighted by Crippen LogP contribution is -2.26. The molecule has 1 heterocycles. The number of carbonyl (C=O) groups is 1. The number of benzene rings is 1. The minimum absolute atomic E-state index is 0.131. The van der Waals surface area contributed by atoms with Gasteiger partial charge in [-0.3, -0.25) is 4.79 Å². The van der Waals surface area contributed by atoms with Crippen molar-refractivity contribution in [2.45, 2.75) is 13.0 Å². The number of nitrogens with zero attached hydrogens (tertiary/aromatic N) is 1. The Labute approximate surface area is 130 Å². The van der Waals surface area contributed by atoms with Crippen LogP contribution in [0.1, 0.15) is 28.9 Å². The van der Waals surface area contributed by atoms with Crippen LogP contribution in [0, 0.1) is 0 Å². The number of hydrogen-bond acceptors (Lipinski definition) is 3. The summed E-state index contributed by atoms with van der Waals surface area (Å²) in [4.78, 5) is 16.0. The van der Waals surface area contributed by atoms with Gasteiger partial charge in [0.25, 0.3) is 5.91 Å². The van der Waals surface area contributed by atoms with E-state index in [1.165, 1.54) is 12.1 Å². The van der Waals surface area contributed by atoms with Gasteiger partial charge in [0.2, 0.25) is 0 Å². The van der Waals surface area contributed by atoms with Gasteiger partial charge in [-0.2, -0.15) is 0 Å². The first kappa shape index (κ1) is 14.8. The normalized spacial score (nSPS) is 11.9. The van der Waals surface area contributed by atoms with E-state index in [2.05, 4.69) is 26.2 Å². The van der Waals surface area contributed by atoms with E-state index in [0.29, 0.717) is 5.56 Å². The number of rotatable bonds is 3. The molecule has 2 aromatic rings. The highest BCUT2D eigenvalue weighted by atomic mass is 79.9. The van der Waals surface area contributed by atoms with Gasteiger partial charge in [0.05, 0.1) is 6.04 Å². The molecule has 20 heavy (non-hydrogen) atoms. The second kappa shape index (κ2) is 6.24. The second-order valence-corrected chi connectivity index (χ2v) is 5.66. The van der Waals surface area contributed by atoms with Gasteiger partial charge in [0.15, 0.2) is 0 Å². The van der Waals surface area contributed by atoms with Crippen molar-refractivity contribution < 1.29 is 4.79 Å². The zero-order valence-corrected chi connectivity index (χ0v) is 13.1. The topological polar surface area (TPSA) is 68.0 Å². The molecule has 0 saturated heterocycles. The van der Waals surface area contributed by atoms with Crippen molar-refractivity contribution in [1.82, 2.24) is 10.3 Å². The lowest BCUT2D eigenvalue weighted by Gasteiger charge is -2.15. The zero-order valence-electron chi connectivity index (χ0n) is 10.7. The van der Waals surface area contributed by atoms with Crippen molar-refractivity contribution in [3.63, 3.8) is 0 Å². The van der Waals surface area contributed by atoms with Crippen LogP contribution in [0.5, 0.6) is 0 Å². The molecule has 1 atom stereocenters. The van der Waals surface area contributed by atoms with Gasteiger partial charge in [-0.25, -0.2) is 4.98 Å². The van der Waals surface area contributed by atoms with Crippen LogP contribution in [0.2, 0.25) is 5.15 Å². The van der Waals surface area contributed by atoms with Gasteiger partial charge in [-0.05, 0) is 36.8 Å². The van der Waals surface area contributed by atoms with Crippen LogP contribution in [0.4, 0.5) is 5.82 Å². The predicted molar refractivity (Wildman–Crippen MR) is 83.7 cm³/mol. The number of nitrogens with two attached hydrogens (primary N) is 1. The Morgan fingerprint density at radius 3 is 2.80 bits per heavy atom. The van der Waals surface area contributed by atoms with Crippen molar-refractivity contribution in [2.75, 3.05) is 5.73 Å². The van der Waals surface area contributed by atoms with Gasteiger partial charge >= 0.3 is 0 Å². The minimum atomic E-state index is -0.242. The number of nitrogen functional groups attached to an aromatic ring is 1. The van der Waals surface area contributed by atoms with Gasteiger partial charge in [-0.1, -0.05) is 39.7 Å². The zero-order chi connectivity index (χ0) is 14.7. The molecule has 0 fully saturated rings. The molecule has 1 unspecified atom stereocenters. The fourth-order valence-corrected chi connectivity index (χ4v) is 2.42. The molecule has 3 N–H and O–H groups in total. The molecule has 1 aromatic carbocycles. The average molecular weight is 355 g/mol. The van der Waals surface area contributed by atoms with Crippen LogP contribution in [-0.4, -0.2) is 10.9 Å². The molecule has 0 aliphatic heterocycles. The van der Waals surface area contributed by atoms with Crippen LogP contribution in [0.15, 0.2) is 40.9 Å². The van der Waals surface area contributed by atoms with Gasteiger partial charge in [0, 0.05) is 10.0 Å². The quantitative estimate of drug-likeness (QED) is 0.828. The summed E-state index contributed by atoms with van der Waals surface area (Å²) in [6.45, 7) is 1.91. The first-order valence-corrected chi connectivity index (χ1v) is 7.12. The van der Waals surface area contributed by atoms with Crippen molar-refractivity contribution >= 4 is 39.3 Å². The number of aromatic nitrogens is 1. The molecule has 0 spiro atoms. The Hall–Kier alpha value is -1.59. The SMILES string of the molecule is CC(NC(=O)c1cc(N)nc(Cl)c1)c1cccc(Br)c1. The van der Waals surface area contributed by atoms with E-state index in [0.717, 1.165) is 10.0 Å². The standard InChI is InChI=1S/C14H13BrClN3O/c1-8(9-3-2-4-11(15)5-9)18-14(20)10-6-12(16)19-13(17)7-10/h2-8H,1H3,(H2,17,19)(H,18,20). The van der Waals surface area contributed by atoms with E-state index in [-0.39, 0.29) is 22.9 Å².